The number of benzene rings is 2. The predicted octanol–water partition coefficient (Wildman–Crippen LogP) is 3.54. The topological polar surface area (TPSA) is 83.9 Å². The van der Waals surface area contributed by atoms with E-state index in [2.05, 4.69) is 0 Å². The summed E-state index contributed by atoms with van der Waals surface area (Å²) in [5.41, 5.74) is 2.26. The number of anilines is 1. The number of carbonyl (C=O) groups excluding carboxylic acids is 2. The number of carbonyl (C=O) groups is 3. The van der Waals surface area contributed by atoms with Gasteiger partial charge in [-0.2, -0.15) is 0 Å². The number of esters is 1. The van der Waals surface area contributed by atoms with Crippen LogP contribution in [0.1, 0.15) is 33.3 Å². The van der Waals surface area contributed by atoms with Gasteiger partial charge in [0.2, 0.25) is 5.91 Å². The van der Waals surface area contributed by atoms with Crippen molar-refractivity contribution in [2.45, 2.75) is 24.0 Å². The van der Waals surface area contributed by atoms with Crippen molar-refractivity contribution in [2.24, 2.45) is 0 Å². The van der Waals surface area contributed by atoms with Gasteiger partial charge in [-0.1, -0.05) is 12.1 Å². The molecule has 2 unspecified atom stereocenters. The van der Waals surface area contributed by atoms with E-state index >= 15 is 0 Å². The van der Waals surface area contributed by atoms with Gasteiger partial charge >= 0.3 is 11.9 Å². The van der Waals surface area contributed by atoms with Gasteiger partial charge in [-0.15, -0.1) is 11.8 Å². The Morgan fingerprint density at radius 3 is 2.46 bits per heavy atom. The first-order chi connectivity index (χ1) is 13.3. The molecule has 6 nitrogen and oxygen atoms in total. The summed E-state index contributed by atoms with van der Waals surface area (Å²) in [7, 11) is 1.28. The zero-order valence-electron chi connectivity index (χ0n) is 15.2. The molecule has 28 heavy (non-hydrogen) atoms. The van der Waals surface area contributed by atoms with Crippen molar-refractivity contribution in [3.05, 3.63) is 65.0 Å². The SMILES string of the molecule is COC(=O)c1ccc(N2C(=O)C(CC(=O)O)SC2c2ccc(F)cc2)c(C)c1. The third-order valence-corrected chi connectivity index (χ3v) is 5.87. The maximum absolute atomic E-state index is 13.3. The monoisotopic (exact) mass is 403 g/mol. The number of aryl methyl sites for hydroxylation is 1. The molecular formula is C20H18FNO5S. The third-order valence-electron chi connectivity index (χ3n) is 4.43. The summed E-state index contributed by atoms with van der Waals surface area (Å²) in [5.74, 6) is -2.29. The summed E-state index contributed by atoms with van der Waals surface area (Å²) < 4.78 is 18.0. The maximum Gasteiger partial charge on any atom is 0.337 e. The molecule has 1 aliphatic heterocycles. The maximum atomic E-state index is 13.3. The fourth-order valence-corrected chi connectivity index (χ4v) is 4.54. The fourth-order valence-electron chi connectivity index (χ4n) is 3.11. The van der Waals surface area contributed by atoms with Crippen molar-refractivity contribution in [1.82, 2.24) is 0 Å². The van der Waals surface area contributed by atoms with Crippen LogP contribution in [0, 0.1) is 12.7 Å². The highest BCUT2D eigenvalue weighted by Gasteiger charge is 2.43. The largest absolute Gasteiger partial charge is 0.481 e. The molecule has 0 spiro atoms. The molecule has 0 aliphatic carbocycles. The van der Waals surface area contributed by atoms with Crippen LogP contribution in [0.2, 0.25) is 0 Å². The van der Waals surface area contributed by atoms with E-state index in [4.69, 9.17) is 9.84 Å². The Labute approximate surface area is 165 Å². The second kappa shape index (κ2) is 8.02. The fraction of sp³-hybridized carbons (Fsp3) is 0.250. The van der Waals surface area contributed by atoms with Gasteiger partial charge in [0.05, 0.1) is 24.3 Å². The molecule has 0 bridgehead atoms. The average molecular weight is 403 g/mol. The van der Waals surface area contributed by atoms with E-state index in [1.54, 1.807) is 37.3 Å². The number of amides is 1. The summed E-state index contributed by atoms with van der Waals surface area (Å²) in [6, 6.07) is 10.6. The lowest BCUT2D eigenvalue weighted by Crippen LogP contribution is -2.32. The van der Waals surface area contributed by atoms with E-state index in [1.807, 2.05) is 0 Å². The highest BCUT2D eigenvalue weighted by molar-refractivity contribution is 8.01. The molecule has 1 fully saturated rings. The van der Waals surface area contributed by atoms with Crippen LogP contribution < -0.4 is 4.90 Å². The number of halogens is 1. The first-order valence-electron chi connectivity index (χ1n) is 8.46. The quantitative estimate of drug-likeness (QED) is 0.769. The van der Waals surface area contributed by atoms with Gasteiger partial charge in [-0.3, -0.25) is 14.5 Å². The smallest absolute Gasteiger partial charge is 0.337 e. The zero-order chi connectivity index (χ0) is 20.4. The van der Waals surface area contributed by atoms with Crippen molar-refractivity contribution in [1.29, 1.82) is 0 Å². The standard InChI is InChI=1S/C20H18FNO5S/c1-11-9-13(20(26)27-2)5-8-15(11)22-18(25)16(10-17(23)24)28-19(22)12-3-6-14(21)7-4-12/h3-9,16,19H,10H2,1-2H3,(H,23,24). The van der Waals surface area contributed by atoms with Gasteiger partial charge in [-0.05, 0) is 48.4 Å². The van der Waals surface area contributed by atoms with Crippen LogP contribution in [-0.2, 0) is 14.3 Å². The number of nitrogens with zero attached hydrogens (tertiary/aromatic N) is 1. The second-order valence-corrected chi connectivity index (χ2v) is 7.62. The van der Waals surface area contributed by atoms with E-state index in [9.17, 15) is 18.8 Å². The van der Waals surface area contributed by atoms with Crippen molar-refractivity contribution in [3.63, 3.8) is 0 Å². The average Bonchev–Trinajstić information content (AvgIpc) is 2.97. The van der Waals surface area contributed by atoms with E-state index in [1.165, 1.54) is 35.9 Å². The van der Waals surface area contributed by atoms with Crippen LogP contribution in [0.15, 0.2) is 42.5 Å². The molecule has 0 saturated carbocycles. The van der Waals surface area contributed by atoms with E-state index in [-0.39, 0.29) is 12.3 Å². The molecule has 3 rings (SSSR count). The van der Waals surface area contributed by atoms with Crippen LogP contribution in [-0.4, -0.2) is 35.3 Å². The van der Waals surface area contributed by atoms with Crippen LogP contribution in [0.25, 0.3) is 0 Å². The molecule has 8 heteroatoms. The van der Waals surface area contributed by atoms with E-state index < -0.39 is 28.4 Å². The third kappa shape index (κ3) is 3.87. The lowest BCUT2D eigenvalue weighted by molar-refractivity contribution is -0.138. The second-order valence-electron chi connectivity index (χ2n) is 6.33. The Morgan fingerprint density at radius 2 is 1.89 bits per heavy atom. The van der Waals surface area contributed by atoms with Crippen LogP contribution >= 0.6 is 11.8 Å². The van der Waals surface area contributed by atoms with Gasteiger partial charge in [-0.25, -0.2) is 9.18 Å². The van der Waals surface area contributed by atoms with Gasteiger partial charge in [0, 0.05) is 5.69 Å². The number of hydrogen-bond acceptors (Lipinski definition) is 5. The van der Waals surface area contributed by atoms with Gasteiger partial charge in [0.1, 0.15) is 11.2 Å². The number of methoxy groups -OCH3 is 1. The first-order valence-corrected chi connectivity index (χ1v) is 9.41. The van der Waals surface area contributed by atoms with Crippen molar-refractivity contribution >= 4 is 35.3 Å². The minimum atomic E-state index is -1.07. The Balaban J connectivity index is 2.03. The first kappa shape index (κ1) is 19.9. The number of ether oxygens (including phenoxy) is 1. The summed E-state index contributed by atoms with van der Waals surface area (Å²) in [6.07, 6.45) is -0.309. The number of aliphatic carboxylic acids is 1. The highest BCUT2D eigenvalue weighted by Crippen LogP contribution is 2.47. The van der Waals surface area contributed by atoms with Crippen LogP contribution in [0.4, 0.5) is 10.1 Å². The lowest BCUT2D eigenvalue weighted by atomic mass is 10.1. The molecule has 1 amide bonds. The van der Waals surface area contributed by atoms with E-state index in [0.717, 1.165) is 0 Å². The van der Waals surface area contributed by atoms with Crippen molar-refractivity contribution < 1.29 is 28.6 Å². The van der Waals surface area contributed by atoms with Crippen molar-refractivity contribution in [3.8, 4) is 0 Å². The van der Waals surface area contributed by atoms with Gasteiger partial charge in [0.15, 0.2) is 0 Å². The number of thioether (sulfide) groups is 1. The summed E-state index contributed by atoms with van der Waals surface area (Å²) in [6.45, 7) is 1.76. The summed E-state index contributed by atoms with van der Waals surface area (Å²) in [4.78, 5) is 37.4. The van der Waals surface area contributed by atoms with Gasteiger partial charge < -0.3 is 9.84 Å². The molecule has 0 radical (unpaired) electrons. The van der Waals surface area contributed by atoms with E-state index in [0.29, 0.717) is 22.4 Å². The molecule has 2 aromatic carbocycles. The number of rotatable bonds is 5. The molecule has 146 valence electrons. The molecule has 1 aliphatic rings. The predicted molar refractivity (Wildman–Crippen MR) is 103 cm³/mol. The Morgan fingerprint density at radius 1 is 1.21 bits per heavy atom. The highest BCUT2D eigenvalue weighted by atomic mass is 32.2. The molecule has 2 aromatic rings. The summed E-state index contributed by atoms with van der Waals surface area (Å²) >= 11 is 1.21. The molecule has 1 saturated heterocycles. The molecular weight excluding hydrogens is 385 g/mol. The molecule has 1 heterocycles. The number of carboxylic acids is 1. The van der Waals surface area contributed by atoms with Crippen LogP contribution in [0.5, 0.6) is 0 Å². The molecule has 0 aromatic heterocycles. The normalized spacial score (nSPS) is 19.0. The van der Waals surface area contributed by atoms with Gasteiger partial charge in [0.25, 0.3) is 0 Å². The number of carboxylic acid groups (broad SMARTS) is 1. The Kier molecular flexibility index (Phi) is 5.69. The number of hydrogen-bond donors (Lipinski definition) is 1. The molecule has 1 N–H and O–H groups in total. The Bertz CT molecular complexity index is 931. The minimum Gasteiger partial charge on any atom is -0.481 e. The van der Waals surface area contributed by atoms with Crippen molar-refractivity contribution in [2.75, 3.05) is 12.0 Å². The molecule has 2 atom stereocenters. The zero-order valence-corrected chi connectivity index (χ0v) is 16.0. The van der Waals surface area contributed by atoms with Crippen LogP contribution in [0.3, 0.4) is 0 Å². The minimum absolute atomic E-state index is 0.309. The Hall–Kier alpha value is -2.87. The lowest BCUT2D eigenvalue weighted by Gasteiger charge is -2.26. The summed E-state index contributed by atoms with van der Waals surface area (Å²) in [5, 5.41) is 7.88.